The highest BCUT2D eigenvalue weighted by molar-refractivity contribution is 7.99. The second-order valence-electron chi connectivity index (χ2n) is 6.33. The number of hydrogen-bond donors (Lipinski definition) is 1. The molecule has 0 atom stereocenters. The lowest BCUT2D eigenvalue weighted by Crippen LogP contribution is -2.14. The van der Waals surface area contributed by atoms with Gasteiger partial charge in [0.2, 0.25) is 5.91 Å². The molecular weight excluding hydrogens is 362 g/mol. The molecule has 0 aliphatic heterocycles. The van der Waals surface area contributed by atoms with Crippen molar-refractivity contribution >= 4 is 34.2 Å². The zero-order valence-electron chi connectivity index (χ0n) is 15.1. The molecule has 0 unspecified atom stereocenters. The van der Waals surface area contributed by atoms with Gasteiger partial charge in [0.05, 0.1) is 17.0 Å². The van der Waals surface area contributed by atoms with Crippen molar-refractivity contribution < 1.29 is 4.79 Å². The Hall–Kier alpha value is -2.94. The first-order valence-corrected chi connectivity index (χ1v) is 9.56. The maximum atomic E-state index is 11.2. The SMILES string of the molecule is Cc1cc(C)n(CCc2nc3c4ccccc4nc(SCC(N)=O)n3n2)n1. The van der Waals surface area contributed by atoms with Crippen molar-refractivity contribution in [2.24, 2.45) is 5.73 Å². The minimum absolute atomic E-state index is 0.140. The van der Waals surface area contributed by atoms with Crippen LogP contribution < -0.4 is 5.73 Å². The Morgan fingerprint density at radius 2 is 2.00 bits per heavy atom. The Kier molecular flexibility index (Phi) is 4.53. The quantitative estimate of drug-likeness (QED) is 0.404. The van der Waals surface area contributed by atoms with E-state index in [0.717, 1.165) is 27.9 Å². The number of amides is 1. The summed E-state index contributed by atoms with van der Waals surface area (Å²) in [5, 5.41) is 10.6. The van der Waals surface area contributed by atoms with Gasteiger partial charge in [0.1, 0.15) is 0 Å². The Morgan fingerprint density at radius 3 is 2.74 bits per heavy atom. The maximum Gasteiger partial charge on any atom is 0.227 e. The van der Waals surface area contributed by atoms with Crippen LogP contribution >= 0.6 is 11.8 Å². The number of benzene rings is 1. The van der Waals surface area contributed by atoms with Crippen molar-refractivity contribution in [3.05, 3.63) is 47.5 Å². The molecule has 138 valence electrons. The number of para-hydroxylation sites is 1. The Bertz CT molecular complexity index is 1150. The van der Waals surface area contributed by atoms with Crippen LogP contribution in [0.4, 0.5) is 0 Å². The van der Waals surface area contributed by atoms with E-state index in [1.807, 2.05) is 48.9 Å². The highest BCUT2D eigenvalue weighted by Gasteiger charge is 2.15. The van der Waals surface area contributed by atoms with Crippen molar-refractivity contribution in [3.63, 3.8) is 0 Å². The molecule has 1 amide bonds. The number of carbonyl (C=O) groups is 1. The van der Waals surface area contributed by atoms with E-state index in [-0.39, 0.29) is 5.75 Å². The molecule has 0 saturated carbocycles. The van der Waals surface area contributed by atoms with E-state index in [4.69, 9.17) is 10.7 Å². The van der Waals surface area contributed by atoms with Gasteiger partial charge in [-0.25, -0.2) is 9.97 Å². The number of nitrogens with two attached hydrogens (primary N) is 1. The molecular formula is C18H19N7OS. The molecule has 27 heavy (non-hydrogen) atoms. The summed E-state index contributed by atoms with van der Waals surface area (Å²) < 4.78 is 3.66. The van der Waals surface area contributed by atoms with Crippen LogP contribution in [0.5, 0.6) is 0 Å². The topological polar surface area (TPSA) is 104 Å². The first kappa shape index (κ1) is 17.5. The number of fused-ring (bicyclic) bond motifs is 3. The minimum atomic E-state index is -0.395. The second-order valence-corrected chi connectivity index (χ2v) is 7.27. The summed E-state index contributed by atoms with van der Waals surface area (Å²) in [6.45, 7) is 4.71. The summed E-state index contributed by atoms with van der Waals surface area (Å²) in [5.74, 6) is 0.455. The summed E-state index contributed by atoms with van der Waals surface area (Å²) in [6.07, 6.45) is 0.651. The van der Waals surface area contributed by atoms with Gasteiger partial charge in [-0.3, -0.25) is 9.48 Å². The number of thioether (sulfide) groups is 1. The van der Waals surface area contributed by atoms with Crippen LogP contribution in [0.2, 0.25) is 0 Å². The maximum absolute atomic E-state index is 11.2. The molecule has 0 radical (unpaired) electrons. The third-order valence-corrected chi connectivity index (χ3v) is 5.14. The Morgan fingerprint density at radius 1 is 1.19 bits per heavy atom. The number of nitrogens with zero attached hydrogens (tertiary/aromatic N) is 6. The van der Waals surface area contributed by atoms with Crippen molar-refractivity contribution in [3.8, 4) is 0 Å². The van der Waals surface area contributed by atoms with E-state index < -0.39 is 5.91 Å². The van der Waals surface area contributed by atoms with E-state index in [1.165, 1.54) is 11.8 Å². The smallest absolute Gasteiger partial charge is 0.227 e. The molecule has 0 spiro atoms. The monoisotopic (exact) mass is 381 g/mol. The average molecular weight is 381 g/mol. The predicted octanol–water partition coefficient (Wildman–Crippen LogP) is 1.91. The first-order chi connectivity index (χ1) is 13.0. The summed E-state index contributed by atoms with van der Waals surface area (Å²) in [5.41, 5.74) is 8.94. The van der Waals surface area contributed by atoms with Gasteiger partial charge in [-0.05, 0) is 32.0 Å². The van der Waals surface area contributed by atoms with Gasteiger partial charge in [0.25, 0.3) is 0 Å². The van der Waals surface area contributed by atoms with Gasteiger partial charge in [-0.15, -0.1) is 5.10 Å². The van der Waals surface area contributed by atoms with Crippen LogP contribution in [0.15, 0.2) is 35.5 Å². The third kappa shape index (κ3) is 3.50. The molecule has 0 aliphatic rings. The number of aromatic nitrogens is 6. The van der Waals surface area contributed by atoms with Crippen LogP contribution in [-0.2, 0) is 17.8 Å². The summed E-state index contributed by atoms with van der Waals surface area (Å²) >= 11 is 1.26. The lowest BCUT2D eigenvalue weighted by Gasteiger charge is -2.04. The molecule has 8 nitrogen and oxygen atoms in total. The van der Waals surface area contributed by atoms with E-state index in [2.05, 4.69) is 15.2 Å². The van der Waals surface area contributed by atoms with Gasteiger partial charge >= 0.3 is 0 Å². The van der Waals surface area contributed by atoms with Crippen LogP contribution in [0.3, 0.4) is 0 Å². The van der Waals surface area contributed by atoms with Gasteiger partial charge in [0, 0.05) is 24.0 Å². The molecule has 1 aromatic carbocycles. The summed E-state index contributed by atoms with van der Waals surface area (Å²) in [6, 6.07) is 9.82. The fourth-order valence-electron chi connectivity index (χ4n) is 3.02. The van der Waals surface area contributed by atoms with Gasteiger partial charge < -0.3 is 5.73 Å². The molecule has 0 bridgehead atoms. The van der Waals surface area contributed by atoms with E-state index in [9.17, 15) is 4.79 Å². The number of primary amides is 1. The van der Waals surface area contributed by atoms with Gasteiger partial charge in [-0.2, -0.15) is 9.61 Å². The van der Waals surface area contributed by atoms with Crippen LogP contribution in [0, 0.1) is 13.8 Å². The van der Waals surface area contributed by atoms with Crippen molar-refractivity contribution in [1.29, 1.82) is 0 Å². The highest BCUT2D eigenvalue weighted by atomic mass is 32.2. The average Bonchev–Trinajstić information content (AvgIpc) is 3.20. The number of hydrogen-bond acceptors (Lipinski definition) is 6. The lowest BCUT2D eigenvalue weighted by atomic mass is 10.2. The molecule has 3 heterocycles. The molecule has 2 N–H and O–H groups in total. The van der Waals surface area contributed by atoms with E-state index >= 15 is 0 Å². The molecule has 4 aromatic rings. The number of rotatable bonds is 6. The molecule has 0 saturated heterocycles. The zero-order valence-corrected chi connectivity index (χ0v) is 15.9. The first-order valence-electron chi connectivity index (χ1n) is 8.58. The fourth-order valence-corrected chi connectivity index (χ4v) is 3.70. The van der Waals surface area contributed by atoms with Crippen LogP contribution in [-0.4, -0.2) is 41.0 Å². The van der Waals surface area contributed by atoms with Crippen molar-refractivity contribution in [2.75, 3.05) is 5.75 Å². The third-order valence-electron chi connectivity index (χ3n) is 4.19. The highest BCUT2D eigenvalue weighted by Crippen LogP contribution is 2.23. The standard InChI is InChI=1S/C18H19N7OS/c1-11-9-12(2)24(22-11)8-7-16-21-17-13-5-3-4-6-14(13)20-18(25(17)23-16)27-10-15(19)26/h3-6,9H,7-8,10H2,1-2H3,(H2,19,26). The van der Waals surface area contributed by atoms with Gasteiger partial charge in [0.15, 0.2) is 16.6 Å². The lowest BCUT2D eigenvalue weighted by molar-refractivity contribution is -0.115. The number of aryl methyl sites for hydroxylation is 4. The normalized spacial score (nSPS) is 11.5. The van der Waals surface area contributed by atoms with Crippen molar-refractivity contribution in [1.82, 2.24) is 29.4 Å². The second kappa shape index (κ2) is 6.99. The Labute approximate surface area is 159 Å². The van der Waals surface area contributed by atoms with Gasteiger partial charge in [-0.1, -0.05) is 23.9 Å². The van der Waals surface area contributed by atoms with Crippen molar-refractivity contribution in [2.45, 2.75) is 32.0 Å². The molecule has 9 heteroatoms. The number of carbonyl (C=O) groups excluding carboxylic acids is 1. The van der Waals surface area contributed by atoms with Crippen LogP contribution in [0.1, 0.15) is 17.2 Å². The van der Waals surface area contributed by atoms with E-state index in [1.54, 1.807) is 4.52 Å². The molecule has 0 aliphatic carbocycles. The largest absolute Gasteiger partial charge is 0.369 e. The molecule has 3 aromatic heterocycles. The molecule has 4 rings (SSSR count). The summed E-state index contributed by atoms with van der Waals surface area (Å²) in [4.78, 5) is 20.5. The molecule has 0 fully saturated rings. The predicted molar refractivity (Wildman–Crippen MR) is 104 cm³/mol. The van der Waals surface area contributed by atoms with E-state index in [0.29, 0.717) is 23.9 Å². The Balaban J connectivity index is 1.72. The summed E-state index contributed by atoms with van der Waals surface area (Å²) in [7, 11) is 0. The fraction of sp³-hybridized carbons (Fsp3) is 0.278. The zero-order chi connectivity index (χ0) is 19.0. The minimum Gasteiger partial charge on any atom is -0.369 e. The van der Waals surface area contributed by atoms with Crippen LogP contribution in [0.25, 0.3) is 16.6 Å².